The van der Waals surface area contributed by atoms with Crippen molar-refractivity contribution in [2.24, 2.45) is 28.7 Å². The number of Topliss-reactive ketones (excluding diaryl/α,β-unsaturated/α-hetero) is 1. The van der Waals surface area contributed by atoms with Crippen molar-refractivity contribution < 1.29 is 66.9 Å². The lowest BCUT2D eigenvalue weighted by molar-refractivity contribution is -0.128. The molecule has 90 heavy (non-hydrogen) atoms. The van der Waals surface area contributed by atoms with Crippen LogP contribution in [0.1, 0.15) is 130 Å². The first kappa shape index (κ1) is 73.3. The molecule has 27 heteroatoms. The highest BCUT2D eigenvalue weighted by atomic mass is 16.5. The van der Waals surface area contributed by atoms with E-state index >= 15 is 0 Å². The molecule has 2 aliphatic rings. The van der Waals surface area contributed by atoms with Gasteiger partial charge in [-0.25, -0.2) is 0 Å². The lowest BCUT2D eigenvalue weighted by Crippen LogP contribution is -2.47. The van der Waals surface area contributed by atoms with E-state index in [0.717, 1.165) is 0 Å². The van der Waals surface area contributed by atoms with Crippen LogP contribution in [0.15, 0.2) is 107 Å². The van der Waals surface area contributed by atoms with Crippen molar-refractivity contribution in [3.8, 4) is 11.5 Å². The average Bonchev–Trinajstić information content (AvgIpc) is 1.65. The molecule has 2 aromatic rings. The van der Waals surface area contributed by atoms with E-state index in [2.05, 4.69) is 42.5 Å². The van der Waals surface area contributed by atoms with E-state index in [9.17, 15) is 47.9 Å². The first-order chi connectivity index (χ1) is 43.2. The van der Waals surface area contributed by atoms with Crippen LogP contribution in [0, 0.1) is 0 Å². The van der Waals surface area contributed by atoms with Gasteiger partial charge in [-0.1, -0.05) is 12.2 Å². The monoisotopic (exact) mass is 1250 g/mol. The summed E-state index contributed by atoms with van der Waals surface area (Å²) in [7, 11) is 5.44. The molecule has 0 aromatic heterocycles. The molecule has 4 atom stereocenters. The van der Waals surface area contributed by atoms with Gasteiger partial charge < -0.3 is 94.9 Å². The Balaban J connectivity index is 1.56. The van der Waals surface area contributed by atoms with Gasteiger partial charge in [-0.15, -0.1) is 0 Å². The summed E-state index contributed by atoms with van der Waals surface area (Å²) < 4.78 is 22.0. The zero-order valence-corrected chi connectivity index (χ0v) is 52.0. The van der Waals surface area contributed by atoms with E-state index < -0.39 is 77.3 Å². The fourth-order valence-electron chi connectivity index (χ4n) is 9.46. The van der Waals surface area contributed by atoms with Gasteiger partial charge in [0.25, 0.3) is 23.6 Å². The van der Waals surface area contributed by atoms with Crippen LogP contribution in [0.4, 0.5) is 11.4 Å². The van der Waals surface area contributed by atoms with Crippen molar-refractivity contribution in [2.75, 3.05) is 65.3 Å². The Morgan fingerprint density at radius 3 is 1.36 bits per heavy atom. The summed E-state index contributed by atoms with van der Waals surface area (Å²) in [5.41, 5.74) is 29.5. The van der Waals surface area contributed by atoms with Crippen LogP contribution in [0.3, 0.4) is 0 Å². The Morgan fingerprint density at radius 2 is 0.922 bits per heavy atom. The second-order valence-electron chi connectivity index (χ2n) is 21.2. The van der Waals surface area contributed by atoms with Crippen LogP contribution < -0.4 is 80.7 Å². The zero-order chi connectivity index (χ0) is 66.1. The Hall–Kier alpha value is -9.18. The summed E-state index contributed by atoms with van der Waals surface area (Å²) in [5, 5.41) is 22.3. The standard InChI is InChI=1S/C63H89N13O14/c1-38(77)21-30-55(78)73-47(16-6-10-31-64)60(83)71-41-24-28-53(89-4)45(36-41)59(82)76-49(18-8-12-33-66)62(85)70-40-15-14-20-51(87-2)44(35-40)57(80)75-50(19-9-13-34-67)63(86)72-42-25-29-54(90-5)46(37-42)58(81)74-48(17-7-11-32-65)61(84)69-39-22-26-43(56(68)79)52(88-3)27-23-39/h15,20,23-29,35-37,47-50H,6-14,16-19,21-22,30-34,64-67H2,1-5H3,(H2,68,79)(H,69,84)(H,70,85)(H,71,83)(H,72,86)(H,73,78)(H,74,81)(H,75,80)(H,76,82)/t47-,48-,49-,50-/m0/s1. The molecule has 490 valence electrons. The van der Waals surface area contributed by atoms with Crippen molar-refractivity contribution >= 4 is 70.3 Å². The number of methoxy groups -OCH3 is 4. The molecule has 0 unspecified atom stereocenters. The van der Waals surface area contributed by atoms with E-state index in [1.165, 1.54) is 90.0 Å². The number of amides is 9. The number of hydrogen-bond acceptors (Lipinski definition) is 18. The van der Waals surface area contributed by atoms with Gasteiger partial charge in [0.15, 0.2) is 0 Å². The Kier molecular flexibility index (Phi) is 31.7. The average molecular weight is 1250 g/mol. The van der Waals surface area contributed by atoms with Crippen molar-refractivity contribution in [3.05, 3.63) is 118 Å². The molecule has 18 N–H and O–H groups in total. The molecule has 4 rings (SSSR count). The van der Waals surface area contributed by atoms with Gasteiger partial charge in [0.2, 0.25) is 29.5 Å². The molecular weight excluding hydrogens is 1160 g/mol. The lowest BCUT2D eigenvalue weighted by Gasteiger charge is -2.22. The van der Waals surface area contributed by atoms with Gasteiger partial charge in [0.1, 0.15) is 53.0 Å². The minimum Gasteiger partial charge on any atom is -0.496 e. The van der Waals surface area contributed by atoms with Gasteiger partial charge in [0.05, 0.1) is 50.7 Å². The van der Waals surface area contributed by atoms with Gasteiger partial charge in [0, 0.05) is 42.0 Å². The maximum absolute atomic E-state index is 14.5. The Morgan fingerprint density at radius 1 is 0.478 bits per heavy atom. The van der Waals surface area contributed by atoms with Crippen molar-refractivity contribution in [3.63, 3.8) is 0 Å². The fraction of sp³-hybridized carbons (Fsp3) is 0.460. The number of rotatable bonds is 39. The second kappa shape index (κ2) is 39.0. The first-order valence-corrected chi connectivity index (χ1v) is 30.0. The van der Waals surface area contributed by atoms with Crippen LogP contribution in [0.5, 0.6) is 11.5 Å². The molecule has 2 aliphatic carbocycles. The number of unbranched alkanes of at least 4 members (excludes halogenated alkanes) is 4. The van der Waals surface area contributed by atoms with Crippen LogP contribution >= 0.6 is 0 Å². The number of ether oxygens (including phenoxy) is 4. The van der Waals surface area contributed by atoms with E-state index in [1.54, 1.807) is 18.2 Å². The number of carbonyl (C=O) groups excluding carboxylic acids is 10. The molecule has 0 aliphatic heterocycles. The number of carbonyl (C=O) groups is 10. The molecule has 0 bridgehead atoms. The molecule has 9 amide bonds. The largest absolute Gasteiger partial charge is 0.496 e. The number of benzene rings is 2. The summed E-state index contributed by atoms with van der Waals surface area (Å²) >= 11 is 0. The number of anilines is 2. The number of ketones is 1. The summed E-state index contributed by atoms with van der Waals surface area (Å²) in [6.07, 6.45) is 14.1. The molecular formula is C63H89N13O14. The topological polar surface area (TPSA) is 434 Å². The Bertz CT molecular complexity index is 3080. The zero-order valence-electron chi connectivity index (χ0n) is 52.0. The number of hydrogen-bond donors (Lipinski definition) is 13. The summed E-state index contributed by atoms with van der Waals surface area (Å²) in [4.78, 5) is 135. The van der Waals surface area contributed by atoms with Crippen molar-refractivity contribution in [1.82, 2.24) is 31.9 Å². The van der Waals surface area contributed by atoms with E-state index in [0.29, 0.717) is 83.2 Å². The Labute approximate surface area is 524 Å². The van der Waals surface area contributed by atoms with Gasteiger partial charge in [-0.2, -0.15) is 0 Å². The quantitative estimate of drug-likeness (QED) is 0.0428. The number of primary amides is 1. The van der Waals surface area contributed by atoms with Crippen molar-refractivity contribution in [2.45, 2.75) is 134 Å². The van der Waals surface area contributed by atoms with Gasteiger partial charge >= 0.3 is 0 Å². The molecule has 0 saturated heterocycles. The molecule has 2 aromatic carbocycles. The highest BCUT2D eigenvalue weighted by Gasteiger charge is 2.30. The smallest absolute Gasteiger partial charge is 0.255 e. The molecule has 0 spiro atoms. The number of nitrogens with one attached hydrogen (secondary N) is 8. The predicted molar refractivity (Wildman–Crippen MR) is 338 cm³/mol. The normalized spacial score (nSPS) is 14.1. The SMILES string of the molecule is COC1=CC=C(NC(=O)[C@H](CCCCN)NC(=O)c2cc(NC(=O)[C@H](CCCCN)NC(=O)C3=CC(NC(=O)[C@H](CCCCN)NC(=O)c4cc(NC(=O)[C@H](CCCCN)NC(=O)CCC(C)=O)ccc4OC)=CCC=C3OC)ccc2OC)CC=C1C(N)=O. The second-order valence-corrected chi connectivity index (χ2v) is 21.2. The highest BCUT2D eigenvalue weighted by molar-refractivity contribution is 6.06. The molecule has 0 heterocycles. The van der Waals surface area contributed by atoms with Crippen molar-refractivity contribution in [1.29, 1.82) is 0 Å². The minimum atomic E-state index is -1.19. The summed E-state index contributed by atoms with van der Waals surface area (Å²) in [6.45, 7) is 2.69. The maximum atomic E-state index is 14.5. The van der Waals surface area contributed by atoms with E-state index in [1.807, 2.05) is 0 Å². The van der Waals surface area contributed by atoms with Crippen LogP contribution in [0.25, 0.3) is 0 Å². The third kappa shape index (κ3) is 23.7. The van der Waals surface area contributed by atoms with Gasteiger partial charge in [-0.3, -0.25) is 43.2 Å². The van der Waals surface area contributed by atoms with Crippen LogP contribution in [-0.2, 0) is 47.8 Å². The lowest BCUT2D eigenvalue weighted by atomic mass is 10.1. The molecule has 0 saturated carbocycles. The predicted octanol–water partition coefficient (Wildman–Crippen LogP) is 2.54. The minimum absolute atomic E-state index is 0.00986. The van der Waals surface area contributed by atoms with E-state index in [4.69, 9.17) is 47.6 Å². The maximum Gasteiger partial charge on any atom is 0.255 e. The first-order valence-electron chi connectivity index (χ1n) is 30.0. The van der Waals surface area contributed by atoms with Crippen LogP contribution in [0.2, 0.25) is 0 Å². The molecule has 0 fully saturated rings. The van der Waals surface area contributed by atoms with Gasteiger partial charge in [-0.05, 0) is 177 Å². The third-order valence-electron chi connectivity index (χ3n) is 14.4. The summed E-state index contributed by atoms with van der Waals surface area (Å²) in [6, 6.07) is 4.26. The van der Waals surface area contributed by atoms with E-state index in [-0.39, 0.29) is 120 Å². The van der Waals surface area contributed by atoms with Crippen LogP contribution in [-0.4, -0.2) is 138 Å². The number of nitrogens with two attached hydrogens (primary N) is 5. The summed E-state index contributed by atoms with van der Waals surface area (Å²) in [5.74, 6) is -5.45. The highest BCUT2D eigenvalue weighted by Crippen LogP contribution is 2.27. The molecule has 27 nitrogen and oxygen atoms in total. The fourth-order valence-corrected chi connectivity index (χ4v) is 9.46. The third-order valence-corrected chi connectivity index (χ3v) is 14.4. The number of allylic oxidation sites excluding steroid dienone is 6. The molecule has 0 radical (unpaired) electrons.